The summed E-state index contributed by atoms with van der Waals surface area (Å²) < 4.78 is 5.21. The number of ether oxygens (including phenoxy) is 1. The van der Waals surface area contributed by atoms with Gasteiger partial charge in [-0.2, -0.15) is 0 Å². The highest BCUT2D eigenvalue weighted by Gasteiger charge is 2.32. The summed E-state index contributed by atoms with van der Waals surface area (Å²) >= 11 is 0. The zero-order valence-electron chi connectivity index (χ0n) is 10.4. The van der Waals surface area contributed by atoms with E-state index in [4.69, 9.17) is 10.5 Å². The van der Waals surface area contributed by atoms with Gasteiger partial charge in [-0.25, -0.2) is 0 Å². The summed E-state index contributed by atoms with van der Waals surface area (Å²) in [7, 11) is 0. The molecule has 1 aromatic rings. The molecule has 2 N–H and O–H groups in total. The highest BCUT2D eigenvalue weighted by Crippen LogP contribution is 2.28. The van der Waals surface area contributed by atoms with Crippen LogP contribution in [0.4, 0.5) is 0 Å². The molecule has 5 heteroatoms. The number of nitrogens with two attached hydrogens (primary N) is 1. The van der Waals surface area contributed by atoms with Crippen molar-refractivity contribution >= 4 is 5.91 Å². The van der Waals surface area contributed by atoms with E-state index in [1.165, 1.54) is 0 Å². The molecule has 1 fully saturated rings. The maximum atomic E-state index is 12.0. The average molecular weight is 249 g/mol. The summed E-state index contributed by atoms with van der Waals surface area (Å²) in [5, 5.41) is 0. The van der Waals surface area contributed by atoms with E-state index >= 15 is 0 Å². The molecule has 0 aliphatic heterocycles. The van der Waals surface area contributed by atoms with E-state index in [0.29, 0.717) is 25.7 Å². The van der Waals surface area contributed by atoms with Crippen LogP contribution in [0.1, 0.15) is 18.4 Å². The molecule has 1 saturated carbocycles. The maximum absolute atomic E-state index is 12.0. The fourth-order valence-electron chi connectivity index (χ4n) is 1.82. The van der Waals surface area contributed by atoms with Crippen molar-refractivity contribution < 1.29 is 9.53 Å². The van der Waals surface area contributed by atoms with Gasteiger partial charge < -0.3 is 15.4 Å². The van der Waals surface area contributed by atoms with E-state index in [9.17, 15) is 4.79 Å². The SMILES string of the molecule is NCCOCC(=O)N(Cc1cccnc1)C1CC1. The third-order valence-corrected chi connectivity index (χ3v) is 2.87. The average Bonchev–Trinajstić information content (AvgIpc) is 3.21. The van der Waals surface area contributed by atoms with Crippen LogP contribution in [-0.2, 0) is 16.1 Å². The van der Waals surface area contributed by atoms with Crippen LogP contribution < -0.4 is 5.73 Å². The fraction of sp³-hybridized carbons (Fsp3) is 0.538. The Bertz CT molecular complexity index is 379. The van der Waals surface area contributed by atoms with Crippen LogP contribution in [-0.4, -0.2) is 41.6 Å². The van der Waals surface area contributed by atoms with Gasteiger partial charge >= 0.3 is 0 Å². The first kappa shape index (κ1) is 13.0. The number of aromatic nitrogens is 1. The van der Waals surface area contributed by atoms with Crippen LogP contribution in [0.25, 0.3) is 0 Å². The van der Waals surface area contributed by atoms with Crippen LogP contribution in [0.5, 0.6) is 0 Å². The van der Waals surface area contributed by atoms with Gasteiger partial charge in [0, 0.05) is 31.5 Å². The van der Waals surface area contributed by atoms with E-state index in [0.717, 1.165) is 18.4 Å². The molecule has 1 heterocycles. The summed E-state index contributed by atoms with van der Waals surface area (Å²) in [6.07, 6.45) is 5.70. The molecule has 1 amide bonds. The Morgan fingerprint density at radius 3 is 3.00 bits per heavy atom. The number of amides is 1. The molecule has 2 rings (SSSR count). The molecule has 98 valence electrons. The van der Waals surface area contributed by atoms with Gasteiger partial charge in [0.1, 0.15) is 6.61 Å². The van der Waals surface area contributed by atoms with Gasteiger partial charge in [0.25, 0.3) is 0 Å². The van der Waals surface area contributed by atoms with Gasteiger partial charge in [0.2, 0.25) is 5.91 Å². The monoisotopic (exact) mass is 249 g/mol. The minimum absolute atomic E-state index is 0.0369. The Hall–Kier alpha value is -1.46. The normalized spacial score (nSPS) is 14.5. The second kappa shape index (κ2) is 6.47. The van der Waals surface area contributed by atoms with E-state index in [1.54, 1.807) is 12.4 Å². The van der Waals surface area contributed by atoms with Crippen LogP contribution >= 0.6 is 0 Å². The summed E-state index contributed by atoms with van der Waals surface area (Å²) in [4.78, 5) is 18.0. The zero-order chi connectivity index (χ0) is 12.8. The minimum atomic E-state index is 0.0369. The molecular weight excluding hydrogens is 230 g/mol. The molecule has 0 saturated heterocycles. The van der Waals surface area contributed by atoms with Crippen molar-refractivity contribution in [1.29, 1.82) is 0 Å². The fourth-order valence-corrected chi connectivity index (χ4v) is 1.82. The largest absolute Gasteiger partial charge is 0.370 e. The Balaban J connectivity index is 1.89. The Morgan fingerprint density at radius 2 is 2.39 bits per heavy atom. The van der Waals surface area contributed by atoms with Gasteiger partial charge in [-0.3, -0.25) is 9.78 Å². The molecule has 1 aromatic heterocycles. The first-order chi connectivity index (χ1) is 8.81. The third-order valence-electron chi connectivity index (χ3n) is 2.87. The molecular formula is C13H19N3O2. The minimum Gasteiger partial charge on any atom is -0.370 e. The number of hydrogen-bond donors (Lipinski definition) is 1. The highest BCUT2D eigenvalue weighted by atomic mass is 16.5. The van der Waals surface area contributed by atoms with E-state index in [-0.39, 0.29) is 12.5 Å². The lowest BCUT2D eigenvalue weighted by Crippen LogP contribution is -2.35. The molecule has 5 nitrogen and oxygen atoms in total. The van der Waals surface area contributed by atoms with Gasteiger partial charge in [-0.15, -0.1) is 0 Å². The van der Waals surface area contributed by atoms with Gasteiger partial charge in [-0.1, -0.05) is 6.07 Å². The Morgan fingerprint density at radius 1 is 1.56 bits per heavy atom. The second-order valence-electron chi connectivity index (χ2n) is 4.46. The topological polar surface area (TPSA) is 68.5 Å². The lowest BCUT2D eigenvalue weighted by Gasteiger charge is -2.22. The number of hydrogen-bond acceptors (Lipinski definition) is 4. The van der Waals surface area contributed by atoms with Gasteiger partial charge in [0.05, 0.1) is 6.61 Å². The van der Waals surface area contributed by atoms with Crippen molar-refractivity contribution in [3.05, 3.63) is 30.1 Å². The number of carbonyl (C=O) groups is 1. The molecule has 18 heavy (non-hydrogen) atoms. The van der Waals surface area contributed by atoms with Crippen LogP contribution in [0, 0.1) is 0 Å². The summed E-state index contributed by atoms with van der Waals surface area (Å²) in [6.45, 7) is 1.60. The number of rotatable bonds is 7. The second-order valence-corrected chi connectivity index (χ2v) is 4.46. The summed E-state index contributed by atoms with van der Waals surface area (Å²) in [5.74, 6) is 0.0369. The smallest absolute Gasteiger partial charge is 0.249 e. The predicted octanol–water partition coefficient (Wildman–Crippen LogP) is 0.548. The maximum Gasteiger partial charge on any atom is 0.249 e. The summed E-state index contributed by atoms with van der Waals surface area (Å²) in [5.41, 5.74) is 6.38. The van der Waals surface area contributed by atoms with Crippen LogP contribution in [0.3, 0.4) is 0 Å². The van der Waals surface area contributed by atoms with E-state index in [2.05, 4.69) is 4.98 Å². The van der Waals surface area contributed by atoms with Crippen molar-refractivity contribution in [2.24, 2.45) is 5.73 Å². The van der Waals surface area contributed by atoms with Crippen molar-refractivity contribution in [3.63, 3.8) is 0 Å². The lowest BCUT2D eigenvalue weighted by molar-refractivity contribution is -0.137. The van der Waals surface area contributed by atoms with Crippen molar-refractivity contribution in [2.75, 3.05) is 19.8 Å². The molecule has 1 aliphatic rings. The van der Waals surface area contributed by atoms with Crippen molar-refractivity contribution in [2.45, 2.75) is 25.4 Å². The molecule has 0 spiro atoms. The van der Waals surface area contributed by atoms with E-state index < -0.39 is 0 Å². The number of nitrogens with zero attached hydrogens (tertiary/aromatic N) is 2. The lowest BCUT2D eigenvalue weighted by atomic mass is 10.2. The van der Waals surface area contributed by atoms with Gasteiger partial charge in [0.15, 0.2) is 0 Å². The predicted molar refractivity (Wildman–Crippen MR) is 67.7 cm³/mol. The highest BCUT2D eigenvalue weighted by molar-refractivity contribution is 5.78. The third kappa shape index (κ3) is 3.78. The molecule has 0 aromatic carbocycles. The molecule has 1 aliphatic carbocycles. The molecule has 0 bridgehead atoms. The number of pyridine rings is 1. The molecule has 0 atom stereocenters. The van der Waals surface area contributed by atoms with Crippen molar-refractivity contribution in [3.8, 4) is 0 Å². The Labute approximate surface area is 107 Å². The standard InChI is InChI=1S/C13H19N3O2/c14-5-7-18-10-13(17)16(12-3-4-12)9-11-2-1-6-15-8-11/h1-2,6,8,12H,3-5,7,9-10,14H2. The number of carbonyl (C=O) groups excluding carboxylic acids is 1. The zero-order valence-corrected chi connectivity index (χ0v) is 10.4. The first-order valence-electron chi connectivity index (χ1n) is 6.27. The Kier molecular flexibility index (Phi) is 4.66. The van der Waals surface area contributed by atoms with Gasteiger partial charge in [-0.05, 0) is 24.5 Å². The van der Waals surface area contributed by atoms with Crippen LogP contribution in [0.15, 0.2) is 24.5 Å². The first-order valence-corrected chi connectivity index (χ1v) is 6.27. The molecule has 0 radical (unpaired) electrons. The van der Waals surface area contributed by atoms with Crippen molar-refractivity contribution in [1.82, 2.24) is 9.88 Å². The quantitative estimate of drug-likeness (QED) is 0.716. The van der Waals surface area contributed by atoms with Crippen LogP contribution in [0.2, 0.25) is 0 Å². The van der Waals surface area contributed by atoms with E-state index in [1.807, 2.05) is 17.0 Å². The molecule has 0 unspecified atom stereocenters. The summed E-state index contributed by atoms with van der Waals surface area (Å²) in [6, 6.07) is 4.24.